The van der Waals surface area contributed by atoms with Gasteiger partial charge in [0.2, 0.25) is 0 Å². The Morgan fingerprint density at radius 2 is 1.65 bits per heavy atom. The lowest BCUT2D eigenvalue weighted by atomic mass is 9.51. The van der Waals surface area contributed by atoms with Crippen molar-refractivity contribution in [3.8, 4) is 0 Å². The molecule has 1 unspecified atom stereocenters. The first-order chi connectivity index (χ1) is 7.83. The predicted molar refractivity (Wildman–Crippen MR) is 70.3 cm³/mol. The van der Waals surface area contributed by atoms with Crippen LogP contribution < -0.4 is 5.73 Å². The third kappa shape index (κ3) is 1.41. The Morgan fingerprint density at radius 1 is 1.06 bits per heavy atom. The van der Waals surface area contributed by atoms with E-state index in [-0.39, 0.29) is 0 Å². The second-order valence-corrected chi connectivity index (χ2v) is 5.32. The van der Waals surface area contributed by atoms with Gasteiger partial charge >= 0.3 is 0 Å². The van der Waals surface area contributed by atoms with E-state index in [2.05, 4.69) is 0 Å². The van der Waals surface area contributed by atoms with Crippen molar-refractivity contribution in [3.05, 3.63) is 28.3 Å². The molecule has 2 nitrogen and oxygen atoms in total. The summed E-state index contributed by atoms with van der Waals surface area (Å²) in [6, 6.07) is 2.05. The SMILES string of the molecule is [B]C1([B])CCc2cc3c(c(N)c21)C([B])(O)CC3. The maximum absolute atomic E-state index is 10.1. The van der Waals surface area contributed by atoms with E-state index < -0.39 is 10.7 Å². The molecule has 0 aromatic heterocycles. The number of anilines is 1. The first kappa shape index (κ1) is 11.3. The van der Waals surface area contributed by atoms with Gasteiger partial charge in [0, 0.05) is 11.3 Å². The van der Waals surface area contributed by atoms with Crippen LogP contribution in [-0.2, 0) is 23.6 Å². The van der Waals surface area contributed by atoms with Crippen molar-refractivity contribution in [3.63, 3.8) is 0 Å². The molecule has 3 rings (SSSR count). The largest absolute Gasteiger partial charge is 0.398 e. The van der Waals surface area contributed by atoms with Gasteiger partial charge in [0.05, 0.1) is 21.2 Å². The Labute approximate surface area is 105 Å². The lowest BCUT2D eigenvalue weighted by molar-refractivity contribution is 0.130. The van der Waals surface area contributed by atoms with E-state index in [4.69, 9.17) is 29.3 Å². The topological polar surface area (TPSA) is 46.2 Å². The van der Waals surface area contributed by atoms with E-state index in [9.17, 15) is 5.11 Å². The lowest BCUT2D eigenvalue weighted by Gasteiger charge is -2.27. The van der Waals surface area contributed by atoms with Gasteiger partial charge in [-0.25, -0.2) is 0 Å². The first-order valence-corrected chi connectivity index (χ1v) is 5.87. The van der Waals surface area contributed by atoms with E-state index in [0.29, 0.717) is 24.1 Å². The van der Waals surface area contributed by atoms with Crippen LogP contribution in [-0.4, -0.2) is 28.6 Å². The summed E-state index contributed by atoms with van der Waals surface area (Å²) < 4.78 is 0. The highest BCUT2D eigenvalue weighted by atomic mass is 16.3. The summed E-state index contributed by atoms with van der Waals surface area (Å²) in [5.41, 5.74) is 8.81. The molecule has 0 fully saturated rings. The van der Waals surface area contributed by atoms with Gasteiger partial charge in [0.1, 0.15) is 7.85 Å². The number of fused-ring (bicyclic) bond motifs is 2. The Balaban J connectivity index is 2.30. The van der Waals surface area contributed by atoms with Crippen molar-refractivity contribution in [1.82, 2.24) is 0 Å². The minimum Gasteiger partial charge on any atom is -0.398 e. The molecule has 1 aromatic rings. The third-order valence-corrected chi connectivity index (χ3v) is 4.01. The summed E-state index contributed by atoms with van der Waals surface area (Å²) in [6.07, 6.45) is 2.76. The summed E-state index contributed by atoms with van der Waals surface area (Å²) in [5.74, 6) is 0. The second kappa shape index (κ2) is 3.14. The molecular formula is C12H12B3NO. The van der Waals surface area contributed by atoms with Crippen molar-refractivity contribution >= 4 is 29.2 Å². The molecule has 1 atom stereocenters. The van der Waals surface area contributed by atoms with Crippen LogP contribution in [0.5, 0.6) is 0 Å². The molecule has 0 amide bonds. The standard InChI is InChI=1S/C12H12B3NO/c13-11(14)3-1-6-5-7-2-4-12(15,17)9(7)10(16)8(6)11/h5,17H,1-4,16H2. The summed E-state index contributed by atoms with van der Waals surface area (Å²) >= 11 is 0. The number of benzene rings is 1. The average Bonchev–Trinajstić information content (AvgIpc) is 2.66. The zero-order valence-electron chi connectivity index (χ0n) is 9.66. The van der Waals surface area contributed by atoms with Crippen LogP contribution in [0.25, 0.3) is 0 Å². The van der Waals surface area contributed by atoms with Gasteiger partial charge < -0.3 is 10.8 Å². The maximum atomic E-state index is 10.1. The number of aliphatic hydroxyl groups is 1. The third-order valence-electron chi connectivity index (χ3n) is 4.01. The van der Waals surface area contributed by atoms with E-state index in [1.165, 1.54) is 0 Å². The Bertz CT molecular complexity index is 469. The Kier molecular flexibility index (Phi) is 2.08. The smallest absolute Gasteiger partial charge is 0.120 e. The normalized spacial score (nSPS) is 29.0. The Morgan fingerprint density at radius 3 is 2.35 bits per heavy atom. The number of hydrogen-bond donors (Lipinski definition) is 2. The van der Waals surface area contributed by atoms with Crippen LogP contribution in [0.4, 0.5) is 5.69 Å². The van der Waals surface area contributed by atoms with Crippen molar-refractivity contribution in [2.45, 2.75) is 36.4 Å². The number of hydrogen-bond acceptors (Lipinski definition) is 2. The highest BCUT2D eigenvalue weighted by Crippen LogP contribution is 2.47. The fraction of sp³-hybridized carbons (Fsp3) is 0.500. The number of aryl methyl sites for hydroxylation is 2. The van der Waals surface area contributed by atoms with E-state index in [1.807, 2.05) is 6.07 Å². The molecule has 2 aliphatic rings. The van der Waals surface area contributed by atoms with Crippen molar-refractivity contribution in [2.24, 2.45) is 0 Å². The molecule has 80 valence electrons. The first-order valence-electron chi connectivity index (χ1n) is 5.87. The number of nitrogen functional groups attached to an aromatic ring is 1. The summed E-state index contributed by atoms with van der Waals surface area (Å²) in [5, 5.41) is 9.25. The van der Waals surface area contributed by atoms with Crippen LogP contribution in [0.3, 0.4) is 0 Å². The van der Waals surface area contributed by atoms with Crippen LogP contribution >= 0.6 is 0 Å². The molecule has 2 aliphatic carbocycles. The van der Waals surface area contributed by atoms with E-state index in [1.54, 1.807) is 0 Å². The second-order valence-electron chi connectivity index (χ2n) is 5.32. The van der Waals surface area contributed by atoms with Gasteiger partial charge in [-0.15, -0.1) is 0 Å². The van der Waals surface area contributed by atoms with Gasteiger partial charge in [0.25, 0.3) is 0 Å². The van der Waals surface area contributed by atoms with Gasteiger partial charge in [0.15, 0.2) is 0 Å². The summed E-state index contributed by atoms with van der Waals surface area (Å²) in [6.45, 7) is 0. The zero-order chi connectivity index (χ0) is 12.4. The predicted octanol–water partition coefficient (Wildman–Crippen LogP) is -0.0354. The highest BCUT2D eigenvalue weighted by Gasteiger charge is 2.39. The Hall–Kier alpha value is -0.825. The van der Waals surface area contributed by atoms with Gasteiger partial charge in [-0.3, -0.25) is 0 Å². The molecule has 0 heterocycles. The van der Waals surface area contributed by atoms with E-state index in [0.717, 1.165) is 29.5 Å². The monoisotopic (exact) mass is 219 g/mol. The van der Waals surface area contributed by atoms with Crippen molar-refractivity contribution < 1.29 is 5.11 Å². The quantitative estimate of drug-likeness (QED) is 0.475. The highest BCUT2D eigenvalue weighted by molar-refractivity contribution is 6.41. The van der Waals surface area contributed by atoms with Crippen LogP contribution in [0.2, 0.25) is 0 Å². The average molecular weight is 219 g/mol. The molecule has 0 saturated carbocycles. The molecule has 0 spiro atoms. The minimum absolute atomic E-state index is 0.488. The fourth-order valence-electron chi connectivity index (χ4n) is 3.20. The fourth-order valence-corrected chi connectivity index (χ4v) is 3.20. The molecule has 1 aromatic carbocycles. The van der Waals surface area contributed by atoms with Gasteiger partial charge in [-0.05, 0) is 36.0 Å². The number of rotatable bonds is 0. The van der Waals surface area contributed by atoms with Crippen molar-refractivity contribution in [2.75, 3.05) is 5.73 Å². The molecule has 0 saturated heterocycles. The molecule has 6 radical (unpaired) electrons. The zero-order valence-corrected chi connectivity index (χ0v) is 9.66. The number of nitrogens with two attached hydrogens (primary N) is 1. The molecule has 17 heavy (non-hydrogen) atoms. The molecular weight excluding hydrogens is 207 g/mol. The minimum atomic E-state index is -1.34. The summed E-state index contributed by atoms with van der Waals surface area (Å²) in [4.78, 5) is 0. The lowest BCUT2D eigenvalue weighted by Crippen LogP contribution is -2.28. The van der Waals surface area contributed by atoms with Crippen LogP contribution in [0, 0.1) is 0 Å². The summed E-state index contributed by atoms with van der Waals surface area (Å²) in [7, 11) is 18.0. The molecule has 5 heteroatoms. The molecule has 0 bridgehead atoms. The van der Waals surface area contributed by atoms with Crippen LogP contribution in [0.15, 0.2) is 6.07 Å². The molecule has 0 aliphatic heterocycles. The van der Waals surface area contributed by atoms with Gasteiger partial charge in [-0.2, -0.15) is 0 Å². The maximum Gasteiger partial charge on any atom is 0.120 e. The molecule has 3 N–H and O–H groups in total. The van der Waals surface area contributed by atoms with Gasteiger partial charge in [-0.1, -0.05) is 17.7 Å². The van der Waals surface area contributed by atoms with Crippen molar-refractivity contribution in [1.29, 1.82) is 0 Å². The van der Waals surface area contributed by atoms with E-state index >= 15 is 0 Å². The van der Waals surface area contributed by atoms with Crippen LogP contribution in [0.1, 0.15) is 35.1 Å².